The molecule has 0 aliphatic carbocycles. The Morgan fingerprint density at radius 1 is 0.971 bits per heavy atom. The zero-order valence-corrected chi connectivity index (χ0v) is 19.6. The topological polar surface area (TPSA) is 76.9 Å². The van der Waals surface area contributed by atoms with Crippen molar-refractivity contribution in [1.82, 2.24) is 14.8 Å². The highest BCUT2D eigenvalue weighted by molar-refractivity contribution is 8.00. The van der Waals surface area contributed by atoms with Crippen molar-refractivity contribution in [2.24, 2.45) is 0 Å². The first-order valence-electron chi connectivity index (χ1n) is 10.7. The molecule has 0 radical (unpaired) electrons. The number of aromatic nitrogens is 3. The molecule has 1 heterocycles. The van der Waals surface area contributed by atoms with E-state index in [1.807, 2.05) is 34.9 Å². The molecule has 0 fully saturated rings. The van der Waals surface area contributed by atoms with Crippen LogP contribution in [0.15, 0.2) is 84.0 Å². The number of hydrogen-bond donors (Lipinski definition) is 1. The Kier molecular flexibility index (Phi) is 7.18. The SMILES string of the molecule is CC(=O)c1ccccc1NC(=O)C(C)Sc1nnc(-c2ccc(F)cc2)n1Cc1ccccc1. The molecule has 0 aliphatic heterocycles. The molecule has 6 nitrogen and oxygen atoms in total. The zero-order valence-electron chi connectivity index (χ0n) is 18.7. The summed E-state index contributed by atoms with van der Waals surface area (Å²) in [5.74, 6) is -0.122. The van der Waals surface area contributed by atoms with Crippen LogP contribution in [0.3, 0.4) is 0 Å². The number of para-hydroxylation sites is 1. The molecule has 0 bridgehead atoms. The lowest BCUT2D eigenvalue weighted by Crippen LogP contribution is -2.24. The van der Waals surface area contributed by atoms with Gasteiger partial charge in [-0.25, -0.2) is 4.39 Å². The van der Waals surface area contributed by atoms with Crippen molar-refractivity contribution in [3.63, 3.8) is 0 Å². The van der Waals surface area contributed by atoms with Crippen molar-refractivity contribution >= 4 is 29.1 Å². The van der Waals surface area contributed by atoms with Crippen molar-refractivity contribution in [3.05, 3.63) is 95.8 Å². The second-order valence-corrected chi connectivity index (χ2v) is 9.04. The Labute approximate surface area is 201 Å². The molecule has 1 amide bonds. The molecule has 1 atom stereocenters. The van der Waals surface area contributed by atoms with Gasteiger partial charge in [-0.05, 0) is 55.8 Å². The van der Waals surface area contributed by atoms with Gasteiger partial charge in [-0.3, -0.25) is 14.2 Å². The van der Waals surface area contributed by atoms with Crippen LogP contribution in [-0.2, 0) is 11.3 Å². The molecule has 0 saturated carbocycles. The fraction of sp³-hybridized carbons (Fsp3) is 0.154. The molecule has 0 spiro atoms. The van der Waals surface area contributed by atoms with Crippen molar-refractivity contribution in [2.45, 2.75) is 30.8 Å². The number of anilines is 1. The summed E-state index contributed by atoms with van der Waals surface area (Å²) in [6.07, 6.45) is 0. The van der Waals surface area contributed by atoms with Gasteiger partial charge in [-0.2, -0.15) is 0 Å². The lowest BCUT2D eigenvalue weighted by atomic mass is 10.1. The summed E-state index contributed by atoms with van der Waals surface area (Å²) in [4.78, 5) is 24.8. The summed E-state index contributed by atoms with van der Waals surface area (Å²) in [5, 5.41) is 11.6. The minimum absolute atomic E-state index is 0.122. The van der Waals surface area contributed by atoms with Crippen LogP contribution >= 0.6 is 11.8 Å². The summed E-state index contributed by atoms with van der Waals surface area (Å²) in [7, 11) is 0. The van der Waals surface area contributed by atoms with Gasteiger partial charge >= 0.3 is 0 Å². The Bertz CT molecular complexity index is 1310. The molecule has 34 heavy (non-hydrogen) atoms. The van der Waals surface area contributed by atoms with Crippen LogP contribution in [0.1, 0.15) is 29.8 Å². The smallest absolute Gasteiger partial charge is 0.237 e. The second-order valence-electron chi connectivity index (χ2n) is 7.74. The molecule has 0 aliphatic rings. The van der Waals surface area contributed by atoms with Crippen LogP contribution in [0.4, 0.5) is 10.1 Å². The average molecular weight is 475 g/mol. The van der Waals surface area contributed by atoms with Gasteiger partial charge in [0, 0.05) is 11.1 Å². The van der Waals surface area contributed by atoms with Crippen LogP contribution in [0.5, 0.6) is 0 Å². The van der Waals surface area contributed by atoms with E-state index in [1.165, 1.54) is 30.8 Å². The number of nitrogens with zero attached hydrogens (tertiary/aromatic N) is 3. The first-order valence-corrected chi connectivity index (χ1v) is 11.6. The number of thioether (sulfide) groups is 1. The summed E-state index contributed by atoms with van der Waals surface area (Å²) in [6.45, 7) is 3.73. The lowest BCUT2D eigenvalue weighted by Gasteiger charge is -2.15. The minimum atomic E-state index is -0.514. The van der Waals surface area contributed by atoms with E-state index in [1.54, 1.807) is 43.3 Å². The lowest BCUT2D eigenvalue weighted by molar-refractivity contribution is -0.115. The maximum atomic E-state index is 13.5. The number of hydrogen-bond acceptors (Lipinski definition) is 5. The fourth-order valence-electron chi connectivity index (χ4n) is 3.44. The first kappa shape index (κ1) is 23.4. The van der Waals surface area contributed by atoms with E-state index in [4.69, 9.17) is 0 Å². The van der Waals surface area contributed by atoms with Crippen molar-refractivity contribution in [3.8, 4) is 11.4 Å². The van der Waals surface area contributed by atoms with Gasteiger partial charge in [-0.15, -0.1) is 10.2 Å². The van der Waals surface area contributed by atoms with Gasteiger partial charge in [0.15, 0.2) is 16.8 Å². The van der Waals surface area contributed by atoms with Gasteiger partial charge < -0.3 is 5.32 Å². The molecule has 8 heteroatoms. The van der Waals surface area contributed by atoms with Gasteiger partial charge in [0.25, 0.3) is 0 Å². The predicted molar refractivity (Wildman–Crippen MR) is 131 cm³/mol. The number of rotatable bonds is 8. The van der Waals surface area contributed by atoms with E-state index < -0.39 is 5.25 Å². The normalized spacial score (nSPS) is 11.7. The third kappa shape index (κ3) is 5.40. The third-order valence-corrected chi connectivity index (χ3v) is 6.30. The highest BCUT2D eigenvalue weighted by Crippen LogP contribution is 2.29. The van der Waals surface area contributed by atoms with E-state index >= 15 is 0 Å². The van der Waals surface area contributed by atoms with Crippen LogP contribution in [0, 0.1) is 5.82 Å². The van der Waals surface area contributed by atoms with Gasteiger partial charge in [-0.1, -0.05) is 54.2 Å². The molecular formula is C26H23FN4O2S. The van der Waals surface area contributed by atoms with Crippen molar-refractivity contribution in [2.75, 3.05) is 5.32 Å². The molecule has 3 aromatic carbocycles. The molecule has 1 N–H and O–H groups in total. The number of ketones is 1. The summed E-state index contributed by atoms with van der Waals surface area (Å²) < 4.78 is 15.4. The number of amides is 1. The van der Waals surface area contributed by atoms with Crippen LogP contribution < -0.4 is 5.32 Å². The molecule has 1 aromatic heterocycles. The maximum Gasteiger partial charge on any atom is 0.237 e. The molecule has 4 aromatic rings. The number of halogens is 1. The van der Waals surface area contributed by atoms with E-state index in [2.05, 4.69) is 15.5 Å². The van der Waals surface area contributed by atoms with Gasteiger partial charge in [0.1, 0.15) is 5.82 Å². The second kappa shape index (κ2) is 10.4. The van der Waals surface area contributed by atoms with Crippen LogP contribution in [-0.4, -0.2) is 31.7 Å². The Morgan fingerprint density at radius 2 is 1.65 bits per heavy atom. The molecule has 0 saturated heterocycles. The molecular weight excluding hydrogens is 451 g/mol. The van der Waals surface area contributed by atoms with Crippen LogP contribution in [0.25, 0.3) is 11.4 Å². The predicted octanol–water partition coefficient (Wildman–Crippen LogP) is 5.45. The van der Waals surface area contributed by atoms with Gasteiger partial charge in [0.2, 0.25) is 5.91 Å². The van der Waals surface area contributed by atoms with Crippen LogP contribution in [0.2, 0.25) is 0 Å². The Morgan fingerprint density at radius 3 is 2.35 bits per heavy atom. The Hall–Kier alpha value is -3.78. The maximum absolute atomic E-state index is 13.5. The quantitative estimate of drug-likeness (QED) is 0.271. The standard InChI is InChI=1S/C26H23FN4O2S/c1-17(32)22-10-6-7-11-23(22)28-25(33)18(2)34-26-30-29-24(20-12-14-21(27)15-13-20)31(26)16-19-8-4-3-5-9-19/h3-15,18H,16H2,1-2H3,(H,28,33). The van der Waals surface area contributed by atoms with E-state index in [0.717, 1.165) is 11.1 Å². The average Bonchev–Trinajstić information content (AvgIpc) is 3.22. The molecule has 1 unspecified atom stereocenters. The summed E-state index contributed by atoms with van der Waals surface area (Å²) >= 11 is 1.27. The fourth-order valence-corrected chi connectivity index (χ4v) is 4.29. The van der Waals surface area contributed by atoms with Gasteiger partial charge in [0.05, 0.1) is 17.5 Å². The molecule has 4 rings (SSSR count). The van der Waals surface area contributed by atoms with E-state index in [9.17, 15) is 14.0 Å². The third-order valence-electron chi connectivity index (χ3n) is 5.22. The highest BCUT2D eigenvalue weighted by atomic mass is 32.2. The van der Waals surface area contributed by atoms with Crippen molar-refractivity contribution < 1.29 is 14.0 Å². The number of carbonyl (C=O) groups excluding carboxylic acids is 2. The summed E-state index contributed by atoms with van der Waals surface area (Å²) in [6, 6.07) is 22.8. The molecule has 172 valence electrons. The zero-order chi connectivity index (χ0) is 24.1. The highest BCUT2D eigenvalue weighted by Gasteiger charge is 2.22. The first-order chi connectivity index (χ1) is 16.4. The number of Topliss-reactive ketones (excluding diaryl/α,β-unsaturated/α-hetero) is 1. The number of benzene rings is 3. The monoisotopic (exact) mass is 474 g/mol. The Balaban J connectivity index is 1.60. The van der Waals surface area contributed by atoms with E-state index in [0.29, 0.717) is 28.8 Å². The largest absolute Gasteiger partial charge is 0.324 e. The summed E-state index contributed by atoms with van der Waals surface area (Å²) in [5.41, 5.74) is 2.70. The minimum Gasteiger partial charge on any atom is -0.324 e. The number of nitrogens with one attached hydrogen (secondary N) is 1. The van der Waals surface area contributed by atoms with Crippen molar-refractivity contribution in [1.29, 1.82) is 0 Å². The van der Waals surface area contributed by atoms with E-state index in [-0.39, 0.29) is 17.5 Å². The number of carbonyl (C=O) groups is 2.